The van der Waals surface area contributed by atoms with E-state index in [2.05, 4.69) is 32.0 Å². The zero-order valence-corrected chi connectivity index (χ0v) is 17.2. The minimum atomic E-state index is 0.130. The highest BCUT2D eigenvalue weighted by Crippen LogP contribution is 2.32. The summed E-state index contributed by atoms with van der Waals surface area (Å²) in [5.74, 6) is 0.918. The quantitative estimate of drug-likeness (QED) is 0.657. The summed E-state index contributed by atoms with van der Waals surface area (Å²) in [6, 6.07) is 4.06. The van der Waals surface area contributed by atoms with Gasteiger partial charge in [0.25, 0.3) is 0 Å². The van der Waals surface area contributed by atoms with Crippen LogP contribution in [0.3, 0.4) is 0 Å². The van der Waals surface area contributed by atoms with Crippen molar-refractivity contribution in [2.24, 2.45) is 7.05 Å². The first-order chi connectivity index (χ1) is 12.8. The Morgan fingerprint density at radius 1 is 1.07 bits per heavy atom. The number of pyridine rings is 1. The van der Waals surface area contributed by atoms with E-state index in [1.54, 1.807) is 14.2 Å². The molecule has 1 atom stereocenters. The summed E-state index contributed by atoms with van der Waals surface area (Å²) in [5, 5.41) is 0. The van der Waals surface area contributed by atoms with Gasteiger partial charge in [0.15, 0.2) is 5.65 Å². The predicted octanol–water partition coefficient (Wildman–Crippen LogP) is 4.05. The van der Waals surface area contributed by atoms with Crippen LogP contribution in [-0.2, 0) is 18.2 Å². The highest BCUT2D eigenvalue weighted by molar-refractivity contribution is 5.80. The smallest absolute Gasteiger partial charge is 0.222 e. The van der Waals surface area contributed by atoms with Crippen molar-refractivity contribution in [2.75, 3.05) is 14.2 Å². The molecule has 0 N–H and O–H groups in total. The fourth-order valence-corrected chi connectivity index (χ4v) is 3.24. The molecule has 0 radical (unpaired) electrons. The lowest BCUT2D eigenvalue weighted by molar-refractivity contribution is 0.119. The van der Waals surface area contributed by atoms with E-state index in [-0.39, 0.29) is 6.10 Å². The molecule has 144 valence electrons. The molecule has 3 aromatic heterocycles. The van der Waals surface area contributed by atoms with Gasteiger partial charge in [0, 0.05) is 38.0 Å². The van der Waals surface area contributed by atoms with Crippen LogP contribution in [0.2, 0.25) is 0 Å². The van der Waals surface area contributed by atoms with E-state index in [9.17, 15) is 0 Å². The lowest BCUT2D eigenvalue weighted by Gasteiger charge is -2.13. The number of fused-ring (bicyclic) bond motifs is 1. The lowest BCUT2D eigenvalue weighted by atomic mass is 10.1. The van der Waals surface area contributed by atoms with Gasteiger partial charge in [0.05, 0.1) is 30.2 Å². The molecule has 27 heavy (non-hydrogen) atoms. The average Bonchev–Trinajstić information content (AvgIpc) is 2.94. The molecule has 0 fully saturated rings. The van der Waals surface area contributed by atoms with Gasteiger partial charge < -0.3 is 14.0 Å². The molecular weight excluding hydrogens is 340 g/mol. The molecule has 6 heteroatoms. The van der Waals surface area contributed by atoms with Gasteiger partial charge in [-0.15, -0.1) is 0 Å². The molecule has 0 bridgehead atoms. The molecule has 1 unspecified atom stereocenters. The van der Waals surface area contributed by atoms with Gasteiger partial charge >= 0.3 is 0 Å². The Hall–Kier alpha value is -2.47. The van der Waals surface area contributed by atoms with E-state index in [1.165, 1.54) is 0 Å². The van der Waals surface area contributed by atoms with Crippen molar-refractivity contribution >= 4 is 11.2 Å². The summed E-state index contributed by atoms with van der Waals surface area (Å²) in [4.78, 5) is 14.4. The second-order valence-corrected chi connectivity index (χ2v) is 7.29. The van der Waals surface area contributed by atoms with Crippen molar-refractivity contribution in [1.82, 2.24) is 19.5 Å². The lowest BCUT2D eigenvalue weighted by Crippen LogP contribution is -2.08. The van der Waals surface area contributed by atoms with Gasteiger partial charge in [-0.2, -0.15) is 0 Å². The summed E-state index contributed by atoms with van der Waals surface area (Å²) >= 11 is 0. The molecule has 0 aromatic carbocycles. The highest BCUT2D eigenvalue weighted by atomic mass is 16.5. The van der Waals surface area contributed by atoms with Crippen molar-refractivity contribution in [2.45, 2.75) is 46.1 Å². The van der Waals surface area contributed by atoms with Crippen LogP contribution in [0.1, 0.15) is 43.6 Å². The van der Waals surface area contributed by atoms with Gasteiger partial charge in [-0.1, -0.05) is 13.8 Å². The molecule has 0 spiro atoms. The summed E-state index contributed by atoms with van der Waals surface area (Å²) < 4.78 is 13.0. The molecule has 0 aliphatic carbocycles. The van der Waals surface area contributed by atoms with Crippen LogP contribution >= 0.6 is 0 Å². The Kier molecular flexibility index (Phi) is 5.46. The molecule has 3 rings (SSSR count). The Morgan fingerprint density at radius 2 is 1.81 bits per heavy atom. The monoisotopic (exact) mass is 368 g/mol. The summed E-state index contributed by atoms with van der Waals surface area (Å²) in [5.41, 5.74) is 6.44. The van der Waals surface area contributed by atoms with Gasteiger partial charge in [0.2, 0.25) is 5.88 Å². The molecule has 3 aromatic rings. The first-order valence-corrected chi connectivity index (χ1v) is 9.26. The van der Waals surface area contributed by atoms with Crippen molar-refractivity contribution in [1.29, 1.82) is 0 Å². The number of hydrogen-bond acceptors (Lipinski definition) is 5. The molecule has 3 heterocycles. The van der Waals surface area contributed by atoms with E-state index in [1.807, 2.05) is 30.7 Å². The maximum atomic E-state index is 5.56. The topological polar surface area (TPSA) is 62.1 Å². The van der Waals surface area contributed by atoms with Crippen molar-refractivity contribution in [3.05, 3.63) is 35.3 Å². The molecule has 0 aliphatic rings. The average molecular weight is 368 g/mol. The van der Waals surface area contributed by atoms with Crippen LogP contribution in [0.4, 0.5) is 0 Å². The largest absolute Gasteiger partial charge is 0.480 e. The third-order valence-corrected chi connectivity index (χ3v) is 4.87. The van der Waals surface area contributed by atoms with Crippen LogP contribution in [0.25, 0.3) is 22.4 Å². The number of aromatic nitrogens is 4. The second-order valence-electron chi connectivity index (χ2n) is 7.29. The normalized spacial score (nSPS) is 12.7. The number of rotatable bonds is 6. The minimum absolute atomic E-state index is 0.130. The maximum Gasteiger partial charge on any atom is 0.222 e. The van der Waals surface area contributed by atoms with Crippen LogP contribution < -0.4 is 4.74 Å². The van der Waals surface area contributed by atoms with E-state index in [0.717, 1.165) is 45.8 Å². The Balaban J connectivity index is 2.14. The first-order valence-electron chi connectivity index (χ1n) is 9.26. The fourth-order valence-electron chi connectivity index (χ4n) is 3.24. The zero-order valence-electron chi connectivity index (χ0n) is 17.2. The van der Waals surface area contributed by atoms with Crippen LogP contribution in [0.5, 0.6) is 5.88 Å². The Bertz CT molecular complexity index is 962. The van der Waals surface area contributed by atoms with Gasteiger partial charge in [-0.05, 0) is 31.9 Å². The van der Waals surface area contributed by atoms with Crippen LogP contribution in [0, 0.1) is 6.92 Å². The first kappa shape index (κ1) is 19.3. The van der Waals surface area contributed by atoms with Crippen molar-refractivity contribution in [3.63, 3.8) is 0 Å². The fraction of sp³-hybridized carbons (Fsp3) is 0.476. The molecule has 0 saturated heterocycles. The standard InChI is InChI=1S/C21H28N4O2/c1-12(2)17-9-8-16(21(23-17)27-7)18-14(4)22-19-15(10-13(3)26-6)11-25(5)20(19)24-18/h8-9,11-13H,10H2,1-7H3. The number of hydrogen-bond donors (Lipinski definition) is 0. The van der Waals surface area contributed by atoms with Crippen molar-refractivity contribution < 1.29 is 9.47 Å². The van der Waals surface area contributed by atoms with Crippen LogP contribution in [0.15, 0.2) is 18.3 Å². The van der Waals surface area contributed by atoms with Gasteiger partial charge in [-0.3, -0.25) is 0 Å². The summed E-state index contributed by atoms with van der Waals surface area (Å²) in [6.07, 6.45) is 3.01. The molecule has 6 nitrogen and oxygen atoms in total. The van der Waals surface area contributed by atoms with Crippen molar-refractivity contribution in [3.8, 4) is 17.1 Å². The number of ether oxygens (including phenoxy) is 2. The number of nitrogens with zero attached hydrogens (tertiary/aromatic N) is 4. The van der Waals surface area contributed by atoms with E-state index < -0.39 is 0 Å². The molecular formula is C21H28N4O2. The minimum Gasteiger partial charge on any atom is -0.480 e. The maximum absolute atomic E-state index is 5.56. The molecule has 0 amide bonds. The SMILES string of the molecule is COc1nc(C(C)C)ccc1-c1nc2c(nc1C)c(CC(C)OC)cn2C. The third kappa shape index (κ3) is 3.67. The van der Waals surface area contributed by atoms with Gasteiger partial charge in [-0.25, -0.2) is 15.0 Å². The van der Waals surface area contributed by atoms with E-state index >= 15 is 0 Å². The third-order valence-electron chi connectivity index (χ3n) is 4.87. The predicted molar refractivity (Wildman–Crippen MR) is 107 cm³/mol. The molecule has 0 aliphatic heterocycles. The van der Waals surface area contributed by atoms with Crippen LogP contribution in [-0.4, -0.2) is 39.8 Å². The zero-order chi connectivity index (χ0) is 19.7. The number of methoxy groups -OCH3 is 2. The van der Waals surface area contributed by atoms with E-state index in [4.69, 9.17) is 19.4 Å². The summed E-state index contributed by atoms with van der Waals surface area (Å²) in [6.45, 7) is 8.27. The van der Waals surface area contributed by atoms with Gasteiger partial charge in [0.1, 0.15) is 5.52 Å². The second kappa shape index (κ2) is 7.64. The van der Waals surface area contributed by atoms with E-state index in [0.29, 0.717) is 11.8 Å². The Labute approximate surface area is 160 Å². The molecule has 0 saturated carbocycles. The summed E-state index contributed by atoms with van der Waals surface area (Å²) in [7, 11) is 5.36. The number of aryl methyl sites for hydroxylation is 2. The highest BCUT2D eigenvalue weighted by Gasteiger charge is 2.19. The Morgan fingerprint density at radius 3 is 2.44 bits per heavy atom.